The minimum absolute atomic E-state index is 0.0448. The van der Waals surface area contributed by atoms with Crippen LogP contribution in [-0.4, -0.2) is 40.4 Å². The maximum absolute atomic E-state index is 13.6. The molecule has 37 heavy (non-hydrogen) atoms. The van der Waals surface area contributed by atoms with Crippen molar-refractivity contribution >= 4 is 5.78 Å². The lowest BCUT2D eigenvalue weighted by atomic mass is 9.43. The molecule has 0 spiro atoms. The van der Waals surface area contributed by atoms with E-state index in [-0.39, 0.29) is 22.7 Å². The number of Topliss-reactive ketones (excluding diaryl/α,β-unsaturated/α-hetero) is 1. The lowest BCUT2D eigenvalue weighted by Crippen LogP contribution is -2.61. The van der Waals surface area contributed by atoms with Gasteiger partial charge in [-0.25, -0.2) is 0 Å². The molecule has 1 aromatic rings. The summed E-state index contributed by atoms with van der Waals surface area (Å²) < 4.78 is 5.44. The number of hydrogen-bond donors (Lipinski definition) is 3. The van der Waals surface area contributed by atoms with Crippen LogP contribution >= 0.6 is 0 Å². The van der Waals surface area contributed by atoms with Gasteiger partial charge in [0.25, 0.3) is 0 Å². The van der Waals surface area contributed by atoms with E-state index in [1.165, 1.54) is 6.42 Å². The summed E-state index contributed by atoms with van der Waals surface area (Å²) in [5.74, 6) is 3.07. The largest absolute Gasteiger partial charge is 0.496 e. The molecule has 5 rings (SSSR count). The Labute approximate surface area is 223 Å². The van der Waals surface area contributed by atoms with Crippen LogP contribution in [0.3, 0.4) is 0 Å². The van der Waals surface area contributed by atoms with Crippen LogP contribution in [0.15, 0.2) is 24.3 Å². The molecule has 3 N–H and O–H groups in total. The molecule has 206 valence electrons. The van der Waals surface area contributed by atoms with Gasteiger partial charge in [0, 0.05) is 17.9 Å². The Kier molecular flexibility index (Phi) is 7.54. The Morgan fingerprint density at radius 2 is 1.68 bits per heavy atom. The molecule has 4 saturated carbocycles. The van der Waals surface area contributed by atoms with E-state index >= 15 is 0 Å². The summed E-state index contributed by atoms with van der Waals surface area (Å²) >= 11 is 0. The summed E-state index contributed by atoms with van der Waals surface area (Å²) in [7, 11) is 1.65. The van der Waals surface area contributed by atoms with Gasteiger partial charge in [0.2, 0.25) is 0 Å². The summed E-state index contributed by atoms with van der Waals surface area (Å²) in [6.45, 7) is 7.16. The van der Waals surface area contributed by atoms with E-state index in [0.29, 0.717) is 42.3 Å². The number of aliphatic hydroxyl groups is 3. The van der Waals surface area contributed by atoms with Crippen LogP contribution in [0.5, 0.6) is 5.75 Å². The number of ketones is 1. The fourth-order valence-corrected chi connectivity index (χ4v) is 9.88. The van der Waals surface area contributed by atoms with Crippen molar-refractivity contribution in [2.24, 2.45) is 46.3 Å². The van der Waals surface area contributed by atoms with Gasteiger partial charge in [0.1, 0.15) is 11.5 Å². The quantitative estimate of drug-likeness (QED) is 0.436. The van der Waals surface area contributed by atoms with E-state index < -0.39 is 18.3 Å². The molecule has 4 fully saturated rings. The average molecular weight is 513 g/mol. The van der Waals surface area contributed by atoms with Gasteiger partial charge < -0.3 is 20.1 Å². The van der Waals surface area contributed by atoms with Crippen molar-refractivity contribution in [3.63, 3.8) is 0 Å². The number of carbonyl (C=O) groups excluding carboxylic acids is 1. The highest BCUT2D eigenvalue weighted by Gasteiger charge is 2.64. The highest BCUT2D eigenvalue weighted by molar-refractivity contribution is 5.83. The van der Waals surface area contributed by atoms with E-state index in [0.717, 1.165) is 56.3 Å². The van der Waals surface area contributed by atoms with Crippen molar-refractivity contribution in [3.8, 4) is 5.75 Å². The van der Waals surface area contributed by atoms with Crippen molar-refractivity contribution in [1.29, 1.82) is 0 Å². The van der Waals surface area contributed by atoms with Crippen molar-refractivity contribution in [3.05, 3.63) is 29.8 Å². The summed E-state index contributed by atoms with van der Waals surface area (Å²) in [6.07, 6.45) is 7.38. The van der Waals surface area contributed by atoms with Gasteiger partial charge in [-0.05, 0) is 91.4 Å². The summed E-state index contributed by atoms with van der Waals surface area (Å²) in [5, 5.41) is 31.9. The second kappa shape index (κ2) is 10.3. The number of carbonyl (C=O) groups is 1. The number of rotatable bonds is 7. The van der Waals surface area contributed by atoms with Gasteiger partial charge >= 0.3 is 0 Å². The SMILES string of the molecule is COc1ccccc1C(O)CCCC(C)[C@H]1CC[C@H]2[C@@H]3C(=O)C[C@H]4[C@@H](O)[C@@H](O)CC[C@]4(C)[C@H]3CC[C@]12C. The van der Waals surface area contributed by atoms with Crippen molar-refractivity contribution < 1.29 is 24.9 Å². The Bertz CT molecular complexity index is 978. The van der Waals surface area contributed by atoms with Crippen molar-refractivity contribution in [1.82, 2.24) is 0 Å². The minimum Gasteiger partial charge on any atom is -0.496 e. The number of benzene rings is 1. The second-order valence-electron chi connectivity index (χ2n) is 13.5. The second-order valence-corrected chi connectivity index (χ2v) is 13.5. The van der Waals surface area contributed by atoms with Crippen LogP contribution in [0.25, 0.3) is 0 Å². The van der Waals surface area contributed by atoms with Crippen LogP contribution in [0, 0.1) is 46.3 Å². The van der Waals surface area contributed by atoms with Crippen LogP contribution in [-0.2, 0) is 4.79 Å². The molecule has 0 bridgehead atoms. The number of hydrogen-bond acceptors (Lipinski definition) is 5. The summed E-state index contributed by atoms with van der Waals surface area (Å²) in [5.41, 5.74) is 1.01. The molecule has 0 amide bonds. The van der Waals surface area contributed by atoms with Gasteiger partial charge in [-0.15, -0.1) is 0 Å². The molecule has 0 radical (unpaired) electrons. The van der Waals surface area contributed by atoms with E-state index in [1.807, 2.05) is 24.3 Å². The first-order chi connectivity index (χ1) is 17.6. The van der Waals surface area contributed by atoms with Gasteiger partial charge in [-0.2, -0.15) is 0 Å². The zero-order chi connectivity index (χ0) is 26.5. The van der Waals surface area contributed by atoms with E-state index in [9.17, 15) is 20.1 Å². The smallest absolute Gasteiger partial charge is 0.136 e. The first kappa shape index (κ1) is 27.1. The van der Waals surface area contributed by atoms with Crippen molar-refractivity contribution in [2.45, 2.75) is 103 Å². The maximum atomic E-state index is 13.6. The van der Waals surface area contributed by atoms with E-state index in [4.69, 9.17) is 4.74 Å². The fraction of sp³-hybridized carbons (Fsp3) is 0.781. The normalized spacial score (nSPS) is 42.9. The third-order valence-corrected chi connectivity index (χ3v) is 11.9. The molecule has 2 unspecified atom stereocenters. The molecule has 4 aliphatic rings. The van der Waals surface area contributed by atoms with Crippen molar-refractivity contribution in [2.75, 3.05) is 7.11 Å². The molecule has 4 aliphatic carbocycles. The average Bonchev–Trinajstić information content (AvgIpc) is 3.24. The van der Waals surface area contributed by atoms with E-state index in [2.05, 4.69) is 20.8 Å². The summed E-state index contributed by atoms with van der Waals surface area (Å²) in [4.78, 5) is 13.6. The molecule has 5 nitrogen and oxygen atoms in total. The van der Waals surface area contributed by atoms with Crippen LogP contribution in [0.2, 0.25) is 0 Å². The molecule has 0 heterocycles. The molecule has 0 saturated heterocycles. The van der Waals surface area contributed by atoms with Crippen LogP contribution < -0.4 is 4.74 Å². The highest BCUT2D eigenvalue weighted by Crippen LogP contribution is 2.67. The first-order valence-corrected chi connectivity index (χ1v) is 14.8. The lowest BCUT2D eigenvalue weighted by Gasteiger charge is -2.61. The number of aliphatic hydroxyl groups excluding tert-OH is 3. The molecule has 1 aromatic carbocycles. The Hall–Kier alpha value is -1.43. The molecule has 0 aliphatic heterocycles. The molecule has 0 aromatic heterocycles. The zero-order valence-electron chi connectivity index (χ0n) is 23.2. The van der Waals surface area contributed by atoms with Gasteiger partial charge in [0.15, 0.2) is 0 Å². The van der Waals surface area contributed by atoms with Gasteiger partial charge in [0.05, 0.1) is 25.4 Å². The topological polar surface area (TPSA) is 87.0 Å². The van der Waals surface area contributed by atoms with Crippen LogP contribution in [0.4, 0.5) is 0 Å². The molecule has 5 heteroatoms. The Balaban J connectivity index is 1.24. The van der Waals surface area contributed by atoms with Gasteiger partial charge in [-0.1, -0.05) is 51.8 Å². The third-order valence-electron chi connectivity index (χ3n) is 11.9. The number of methoxy groups -OCH3 is 1. The molecular weight excluding hydrogens is 464 g/mol. The first-order valence-electron chi connectivity index (χ1n) is 14.8. The zero-order valence-corrected chi connectivity index (χ0v) is 23.2. The molecular formula is C32H48O5. The van der Waals surface area contributed by atoms with E-state index in [1.54, 1.807) is 7.11 Å². The third kappa shape index (κ3) is 4.47. The molecule has 11 atom stereocenters. The Morgan fingerprint density at radius 3 is 2.43 bits per heavy atom. The minimum atomic E-state index is -0.764. The number of para-hydroxylation sites is 1. The lowest BCUT2D eigenvalue weighted by molar-refractivity contribution is -0.182. The standard InChI is InChI=1S/C32H48O5/c1-19(8-7-10-25(33)20-9-5-6-11-28(20)37-4)21-12-13-22-29-23(14-16-31(21,22)2)32(3)17-15-26(34)30(36)24(32)18-27(29)35/h5-6,9,11,19,21-26,29-30,33-34,36H,7-8,10,12-18H2,1-4H3/t19?,21-,22+,23+,24+,25?,26+,29+,30-,31-,32-/m1/s1. The maximum Gasteiger partial charge on any atom is 0.136 e. The van der Waals surface area contributed by atoms with Gasteiger partial charge in [-0.3, -0.25) is 4.79 Å². The predicted octanol–water partition coefficient (Wildman–Crippen LogP) is 5.70. The Morgan fingerprint density at radius 1 is 0.973 bits per heavy atom. The fourth-order valence-electron chi connectivity index (χ4n) is 9.88. The monoisotopic (exact) mass is 512 g/mol. The number of fused-ring (bicyclic) bond motifs is 5. The summed E-state index contributed by atoms with van der Waals surface area (Å²) in [6, 6.07) is 7.74. The number of ether oxygens (including phenoxy) is 1. The van der Waals surface area contributed by atoms with Crippen LogP contribution in [0.1, 0.15) is 96.6 Å². The highest BCUT2D eigenvalue weighted by atomic mass is 16.5. The predicted molar refractivity (Wildman–Crippen MR) is 144 cm³/mol.